The number of carboxylic acid groups (broad SMARTS) is 1. The van der Waals surface area contributed by atoms with E-state index in [4.69, 9.17) is 5.11 Å². The highest BCUT2D eigenvalue weighted by molar-refractivity contribution is 5.84. The van der Waals surface area contributed by atoms with Crippen molar-refractivity contribution in [2.75, 3.05) is 0 Å². The van der Waals surface area contributed by atoms with Crippen LogP contribution in [-0.2, 0) is 0 Å². The van der Waals surface area contributed by atoms with Crippen molar-refractivity contribution in [1.82, 2.24) is 19.9 Å². The maximum absolute atomic E-state index is 14.4. The van der Waals surface area contributed by atoms with Crippen LogP contribution in [0.3, 0.4) is 0 Å². The summed E-state index contributed by atoms with van der Waals surface area (Å²) in [7, 11) is 0. The van der Waals surface area contributed by atoms with Crippen molar-refractivity contribution in [2.45, 2.75) is 19.4 Å². The molecule has 0 saturated heterocycles. The Kier molecular flexibility index (Phi) is 4.81. The van der Waals surface area contributed by atoms with Crippen LogP contribution >= 0.6 is 0 Å². The first-order chi connectivity index (χ1) is 13.0. The second-order valence-corrected chi connectivity index (χ2v) is 5.66. The van der Waals surface area contributed by atoms with Crippen molar-refractivity contribution in [3.05, 3.63) is 64.2 Å². The van der Waals surface area contributed by atoms with E-state index >= 15 is 0 Å². The monoisotopic (exact) mass is 367 g/mol. The van der Waals surface area contributed by atoms with Gasteiger partial charge in [-0.2, -0.15) is 5.26 Å². The lowest BCUT2D eigenvalue weighted by Gasteiger charge is -2.20. The van der Waals surface area contributed by atoms with Crippen molar-refractivity contribution in [3.8, 4) is 11.8 Å². The average Bonchev–Trinajstić information content (AvgIpc) is 2.67. The number of nitriles is 1. The maximum Gasteiger partial charge on any atom is 0.405 e. The highest BCUT2D eigenvalue weighted by Gasteiger charge is 2.24. The summed E-state index contributed by atoms with van der Waals surface area (Å²) in [6.07, 6.45) is 1.87. The summed E-state index contributed by atoms with van der Waals surface area (Å²) in [5, 5.41) is 20.5. The van der Waals surface area contributed by atoms with E-state index in [1.807, 2.05) is 6.07 Å². The van der Waals surface area contributed by atoms with Gasteiger partial charge in [0.05, 0.1) is 28.9 Å². The molecule has 0 bridgehead atoms. The molecule has 0 spiro atoms. The minimum atomic E-state index is -1.31. The third-order valence-electron chi connectivity index (χ3n) is 4.04. The Morgan fingerprint density at radius 3 is 2.81 bits per heavy atom. The number of amides is 1. The molecular weight excluding hydrogens is 353 g/mol. The molecule has 9 heteroatoms. The molecule has 2 N–H and O–H groups in total. The summed E-state index contributed by atoms with van der Waals surface area (Å²) >= 11 is 0. The molecule has 27 heavy (non-hydrogen) atoms. The Labute approximate surface area is 152 Å². The van der Waals surface area contributed by atoms with Crippen LogP contribution in [0.25, 0.3) is 16.6 Å². The lowest BCUT2D eigenvalue weighted by molar-refractivity contribution is 0.188. The molecule has 0 fully saturated rings. The number of nitrogens with zero attached hydrogens (tertiary/aromatic N) is 4. The lowest BCUT2D eigenvalue weighted by Crippen LogP contribution is -2.34. The van der Waals surface area contributed by atoms with Crippen molar-refractivity contribution in [2.24, 2.45) is 0 Å². The number of hydrogen-bond donors (Lipinski definition) is 2. The third kappa shape index (κ3) is 3.20. The molecule has 2 aromatic heterocycles. The molecule has 0 radical (unpaired) electrons. The summed E-state index contributed by atoms with van der Waals surface area (Å²) in [5.74, 6) is -0.759. The Morgan fingerprint density at radius 1 is 1.44 bits per heavy atom. The van der Waals surface area contributed by atoms with Crippen LogP contribution in [0.1, 0.15) is 30.8 Å². The first-order valence-corrected chi connectivity index (χ1v) is 8.03. The SMILES string of the molecule is CC[C@H](NC(=O)O)c1nc2c(F)ccc(C#N)c2c(=O)n1-c1cccnc1. The van der Waals surface area contributed by atoms with Gasteiger partial charge in [0.1, 0.15) is 23.2 Å². The van der Waals surface area contributed by atoms with E-state index in [1.54, 1.807) is 19.1 Å². The number of benzene rings is 1. The van der Waals surface area contributed by atoms with E-state index in [1.165, 1.54) is 18.5 Å². The van der Waals surface area contributed by atoms with E-state index in [0.29, 0.717) is 5.69 Å². The Hall–Kier alpha value is -3.80. The molecule has 0 saturated carbocycles. The average molecular weight is 367 g/mol. The van der Waals surface area contributed by atoms with Crippen LogP contribution in [-0.4, -0.2) is 25.7 Å². The zero-order chi connectivity index (χ0) is 19.6. The predicted octanol–water partition coefficient (Wildman–Crippen LogP) is 2.51. The molecule has 1 atom stereocenters. The topological polar surface area (TPSA) is 121 Å². The van der Waals surface area contributed by atoms with E-state index in [-0.39, 0.29) is 28.7 Å². The maximum atomic E-state index is 14.4. The fraction of sp³-hybridized carbons (Fsp3) is 0.167. The molecule has 1 amide bonds. The summed E-state index contributed by atoms with van der Waals surface area (Å²) in [6.45, 7) is 1.70. The predicted molar refractivity (Wildman–Crippen MR) is 94.0 cm³/mol. The fourth-order valence-electron chi connectivity index (χ4n) is 2.83. The molecule has 136 valence electrons. The molecule has 0 unspecified atom stereocenters. The van der Waals surface area contributed by atoms with Crippen molar-refractivity contribution >= 4 is 17.0 Å². The Balaban J connectivity index is 2.46. The van der Waals surface area contributed by atoms with E-state index in [2.05, 4.69) is 15.3 Å². The van der Waals surface area contributed by atoms with Crippen LogP contribution in [0.15, 0.2) is 41.5 Å². The molecule has 8 nitrogen and oxygen atoms in total. The highest BCUT2D eigenvalue weighted by Crippen LogP contribution is 2.23. The summed E-state index contributed by atoms with van der Waals surface area (Å²) in [5.41, 5.74) is -0.650. The number of rotatable bonds is 4. The number of carbonyl (C=O) groups is 1. The normalized spacial score (nSPS) is 11.7. The van der Waals surface area contributed by atoms with Crippen LogP contribution in [0, 0.1) is 17.1 Å². The quantitative estimate of drug-likeness (QED) is 0.731. The first kappa shape index (κ1) is 18.0. The molecule has 3 rings (SSSR count). The number of halogens is 1. The van der Waals surface area contributed by atoms with E-state index < -0.39 is 23.5 Å². The van der Waals surface area contributed by atoms with Gasteiger partial charge >= 0.3 is 6.09 Å². The van der Waals surface area contributed by atoms with Gasteiger partial charge in [0, 0.05) is 6.20 Å². The van der Waals surface area contributed by atoms with Crippen molar-refractivity contribution in [1.29, 1.82) is 5.26 Å². The van der Waals surface area contributed by atoms with Crippen LogP contribution < -0.4 is 10.9 Å². The van der Waals surface area contributed by atoms with E-state index in [9.17, 15) is 19.2 Å². The molecule has 2 heterocycles. The second-order valence-electron chi connectivity index (χ2n) is 5.66. The van der Waals surface area contributed by atoms with Gasteiger partial charge in [0.15, 0.2) is 0 Å². The van der Waals surface area contributed by atoms with Crippen LogP contribution in [0.5, 0.6) is 0 Å². The second kappa shape index (κ2) is 7.21. The smallest absolute Gasteiger partial charge is 0.405 e. The van der Waals surface area contributed by atoms with Crippen molar-refractivity contribution in [3.63, 3.8) is 0 Å². The molecule has 0 aliphatic heterocycles. The largest absolute Gasteiger partial charge is 0.465 e. The summed E-state index contributed by atoms with van der Waals surface area (Å²) in [6, 6.07) is 6.44. The lowest BCUT2D eigenvalue weighted by atomic mass is 10.1. The standard InChI is InChI=1S/C18H14FN5O3/c1-2-13(22-18(26)27)16-23-15-12(19)6-5-10(8-20)14(15)17(25)24(16)11-4-3-7-21-9-11/h3-7,9,13,22H,2H2,1H3,(H,26,27)/t13-/m0/s1. The molecule has 3 aromatic rings. The van der Waals surface area contributed by atoms with Gasteiger partial charge in [-0.25, -0.2) is 14.2 Å². The Bertz CT molecular complexity index is 1120. The van der Waals surface area contributed by atoms with Gasteiger partial charge in [0.2, 0.25) is 0 Å². The summed E-state index contributed by atoms with van der Waals surface area (Å²) in [4.78, 5) is 32.5. The number of aromatic nitrogens is 3. The minimum absolute atomic E-state index is 0.0133. The van der Waals surface area contributed by atoms with Crippen LogP contribution in [0.2, 0.25) is 0 Å². The fourth-order valence-corrected chi connectivity index (χ4v) is 2.83. The van der Waals surface area contributed by atoms with Gasteiger partial charge in [-0.05, 0) is 30.7 Å². The van der Waals surface area contributed by atoms with Gasteiger partial charge in [-0.15, -0.1) is 0 Å². The van der Waals surface area contributed by atoms with Gasteiger partial charge in [0.25, 0.3) is 5.56 Å². The van der Waals surface area contributed by atoms with E-state index in [0.717, 1.165) is 10.6 Å². The highest BCUT2D eigenvalue weighted by atomic mass is 19.1. The van der Waals surface area contributed by atoms with Gasteiger partial charge < -0.3 is 10.4 Å². The third-order valence-corrected chi connectivity index (χ3v) is 4.04. The molecular formula is C18H14FN5O3. The molecule has 0 aliphatic rings. The number of fused-ring (bicyclic) bond motifs is 1. The van der Waals surface area contributed by atoms with Crippen LogP contribution in [0.4, 0.5) is 9.18 Å². The minimum Gasteiger partial charge on any atom is -0.465 e. The molecule has 0 aliphatic carbocycles. The van der Waals surface area contributed by atoms with Crippen molar-refractivity contribution < 1.29 is 14.3 Å². The number of hydrogen-bond acceptors (Lipinski definition) is 5. The van der Waals surface area contributed by atoms with Gasteiger partial charge in [-0.3, -0.25) is 14.3 Å². The number of pyridine rings is 1. The zero-order valence-corrected chi connectivity index (χ0v) is 14.2. The first-order valence-electron chi connectivity index (χ1n) is 8.03. The zero-order valence-electron chi connectivity index (χ0n) is 14.2. The summed E-state index contributed by atoms with van der Waals surface area (Å²) < 4.78 is 15.5. The Morgan fingerprint density at radius 2 is 2.22 bits per heavy atom. The van der Waals surface area contributed by atoms with Gasteiger partial charge in [-0.1, -0.05) is 6.92 Å². The number of nitrogens with one attached hydrogen (secondary N) is 1. The molecule has 1 aromatic carbocycles.